The van der Waals surface area contributed by atoms with Gasteiger partial charge in [0.2, 0.25) is 0 Å². The van der Waals surface area contributed by atoms with Gasteiger partial charge in [0.25, 0.3) is 0 Å². The van der Waals surface area contributed by atoms with E-state index < -0.39 is 35.3 Å². The third-order valence-corrected chi connectivity index (χ3v) is 5.04. The number of Topliss-reactive ketones (excluding diaryl/α,β-unsaturated/α-hetero) is 2. The summed E-state index contributed by atoms with van der Waals surface area (Å²) in [5.74, 6) is -1.98. The van der Waals surface area contributed by atoms with E-state index in [9.17, 15) is 35.9 Å². The molecule has 1 aromatic carbocycles. The van der Waals surface area contributed by atoms with Crippen molar-refractivity contribution in [2.45, 2.75) is 51.4 Å². The maximum absolute atomic E-state index is 13.0. The van der Waals surface area contributed by atoms with Crippen LogP contribution in [0.25, 0.3) is 0 Å². The van der Waals surface area contributed by atoms with Gasteiger partial charge in [0.1, 0.15) is 11.6 Å². The fourth-order valence-electron chi connectivity index (χ4n) is 3.35. The Balaban J connectivity index is 2.39. The van der Waals surface area contributed by atoms with Crippen LogP contribution in [0, 0.1) is 11.8 Å². The molecular formula is C18H18F6O2. The van der Waals surface area contributed by atoms with Crippen molar-refractivity contribution in [3.8, 4) is 0 Å². The molecule has 1 aromatic rings. The van der Waals surface area contributed by atoms with Gasteiger partial charge < -0.3 is 0 Å². The van der Waals surface area contributed by atoms with Crippen LogP contribution >= 0.6 is 0 Å². The lowest BCUT2D eigenvalue weighted by atomic mass is 9.72. The molecule has 0 saturated heterocycles. The molecule has 0 heterocycles. The molecule has 1 aliphatic carbocycles. The molecule has 1 saturated carbocycles. The number of ketones is 2. The summed E-state index contributed by atoms with van der Waals surface area (Å²) >= 11 is 0. The van der Waals surface area contributed by atoms with Crippen molar-refractivity contribution in [3.05, 3.63) is 34.9 Å². The molecule has 0 aliphatic heterocycles. The SMILES string of the molecule is CC(c1cc(C(F)(F)F)cc(C(F)(F)F)c1)C(C)C1CC(=O)CC(=O)C1. The van der Waals surface area contributed by atoms with Crippen LogP contribution in [0.15, 0.2) is 18.2 Å². The summed E-state index contributed by atoms with van der Waals surface area (Å²) in [5, 5.41) is 0. The molecule has 2 nitrogen and oxygen atoms in total. The van der Waals surface area contributed by atoms with E-state index in [0.29, 0.717) is 12.1 Å². The van der Waals surface area contributed by atoms with Gasteiger partial charge in [0.05, 0.1) is 17.5 Å². The number of alkyl halides is 6. The van der Waals surface area contributed by atoms with Crippen LogP contribution in [0.5, 0.6) is 0 Å². The van der Waals surface area contributed by atoms with Gasteiger partial charge >= 0.3 is 12.4 Å². The van der Waals surface area contributed by atoms with Gasteiger partial charge in [-0.15, -0.1) is 0 Å². The smallest absolute Gasteiger partial charge is 0.299 e. The fourth-order valence-corrected chi connectivity index (χ4v) is 3.35. The Hall–Kier alpha value is -1.86. The van der Waals surface area contributed by atoms with E-state index in [1.165, 1.54) is 6.92 Å². The normalized spacial score (nSPS) is 19.5. The molecule has 0 aromatic heterocycles. The lowest BCUT2D eigenvalue weighted by Crippen LogP contribution is -2.29. The van der Waals surface area contributed by atoms with Crippen LogP contribution < -0.4 is 0 Å². The average molecular weight is 380 g/mol. The summed E-state index contributed by atoms with van der Waals surface area (Å²) < 4.78 is 78.0. The molecule has 2 atom stereocenters. The summed E-state index contributed by atoms with van der Waals surface area (Å²) in [6.07, 6.45) is -9.74. The zero-order chi connectivity index (χ0) is 19.9. The van der Waals surface area contributed by atoms with Crippen molar-refractivity contribution < 1.29 is 35.9 Å². The summed E-state index contributed by atoms with van der Waals surface area (Å²) in [6, 6.07) is 1.51. The lowest BCUT2D eigenvalue weighted by molar-refractivity contribution is -0.143. The van der Waals surface area contributed by atoms with Crippen molar-refractivity contribution >= 4 is 11.6 Å². The minimum absolute atomic E-state index is 0.0918. The van der Waals surface area contributed by atoms with Crippen LogP contribution in [-0.4, -0.2) is 11.6 Å². The molecule has 0 N–H and O–H groups in total. The predicted molar refractivity (Wildman–Crippen MR) is 81.4 cm³/mol. The molecular weight excluding hydrogens is 362 g/mol. The Labute approximate surface area is 146 Å². The molecule has 1 aliphatic rings. The molecule has 2 unspecified atom stereocenters. The first kappa shape index (κ1) is 20.5. The zero-order valence-corrected chi connectivity index (χ0v) is 14.2. The highest BCUT2D eigenvalue weighted by Gasteiger charge is 2.38. The first-order chi connectivity index (χ1) is 11.8. The van der Waals surface area contributed by atoms with Gasteiger partial charge in [-0.2, -0.15) is 26.3 Å². The molecule has 26 heavy (non-hydrogen) atoms. The maximum Gasteiger partial charge on any atom is 0.416 e. The second kappa shape index (κ2) is 7.04. The second-order valence-electron chi connectivity index (χ2n) is 6.91. The Morgan fingerprint density at radius 1 is 0.846 bits per heavy atom. The van der Waals surface area contributed by atoms with E-state index in [0.717, 1.165) is 0 Å². The van der Waals surface area contributed by atoms with Gasteiger partial charge in [-0.05, 0) is 41.5 Å². The van der Waals surface area contributed by atoms with E-state index in [1.54, 1.807) is 6.92 Å². The summed E-state index contributed by atoms with van der Waals surface area (Å²) in [4.78, 5) is 23.2. The van der Waals surface area contributed by atoms with Crippen molar-refractivity contribution in [3.63, 3.8) is 0 Å². The Kier molecular flexibility index (Phi) is 5.54. The van der Waals surface area contributed by atoms with E-state index in [4.69, 9.17) is 0 Å². The highest BCUT2D eigenvalue weighted by Crippen LogP contribution is 2.41. The van der Waals surface area contributed by atoms with Crippen LogP contribution in [0.3, 0.4) is 0 Å². The van der Waals surface area contributed by atoms with Gasteiger partial charge in [0.15, 0.2) is 0 Å². The number of carbonyl (C=O) groups is 2. The van der Waals surface area contributed by atoms with Crippen molar-refractivity contribution in [1.29, 1.82) is 0 Å². The molecule has 0 amide bonds. The molecule has 0 spiro atoms. The van der Waals surface area contributed by atoms with Gasteiger partial charge in [0, 0.05) is 12.8 Å². The third kappa shape index (κ3) is 4.65. The van der Waals surface area contributed by atoms with Crippen LogP contribution in [0.1, 0.15) is 55.7 Å². The second-order valence-corrected chi connectivity index (χ2v) is 6.91. The minimum Gasteiger partial charge on any atom is -0.299 e. The van der Waals surface area contributed by atoms with E-state index in [-0.39, 0.29) is 48.4 Å². The number of carbonyl (C=O) groups excluding carboxylic acids is 2. The number of halogens is 6. The van der Waals surface area contributed by atoms with Crippen molar-refractivity contribution in [2.24, 2.45) is 11.8 Å². The topological polar surface area (TPSA) is 34.1 Å². The molecule has 144 valence electrons. The Morgan fingerprint density at radius 3 is 1.65 bits per heavy atom. The average Bonchev–Trinajstić information content (AvgIpc) is 2.50. The van der Waals surface area contributed by atoms with Crippen LogP contribution in [0.4, 0.5) is 26.3 Å². The highest BCUT2D eigenvalue weighted by atomic mass is 19.4. The molecule has 0 radical (unpaired) electrons. The number of hydrogen-bond acceptors (Lipinski definition) is 2. The van der Waals surface area contributed by atoms with E-state index in [1.807, 2.05) is 0 Å². The van der Waals surface area contributed by atoms with Gasteiger partial charge in [-0.3, -0.25) is 9.59 Å². The third-order valence-electron chi connectivity index (χ3n) is 5.04. The first-order valence-electron chi connectivity index (χ1n) is 8.11. The highest BCUT2D eigenvalue weighted by molar-refractivity contribution is 6.01. The van der Waals surface area contributed by atoms with E-state index >= 15 is 0 Å². The van der Waals surface area contributed by atoms with Gasteiger partial charge in [-0.25, -0.2) is 0 Å². The molecule has 1 fully saturated rings. The minimum atomic E-state index is -4.91. The maximum atomic E-state index is 13.0. The van der Waals surface area contributed by atoms with Crippen LogP contribution in [-0.2, 0) is 21.9 Å². The fraction of sp³-hybridized carbons (Fsp3) is 0.556. The Bertz CT molecular complexity index is 656. The lowest BCUT2D eigenvalue weighted by Gasteiger charge is -2.31. The monoisotopic (exact) mass is 380 g/mol. The van der Waals surface area contributed by atoms with Crippen molar-refractivity contribution in [1.82, 2.24) is 0 Å². The van der Waals surface area contributed by atoms with E-state index in [2.05, 4.69) is 0 Å². The number of benzene rings is 1. The standard InChI is InChI=1S/C18H18F6O2/c1-9(10(2)12-5-15(25)8-16(26)6-12)11-3-13(17(19,20)21)7-14(4-11)18(22,23)24/h3-4,7,9-10,12H,5-6,8H2,1-2H3. The zero-order valence-electron chi connectivity index (χ0n) is 14.2. The Morgan fingerprint density at radius 2 is 1.27 bits per heavy atom. The quantitative estimate of drug-likeness (QED) is 0.520. The molecule has 8 heteroatoms. The summed E-state index contributed by atoms with van der Waals surface area (Å²) in [5.41, 5.74) is -2.83. The van der Waals surface area contributed by atoms with Crippen molar-refractivity contribution in [2.75, 3.05) is 0 Å². The van der Waals surface area contributed by atoms with Crippen LogP contribution in [0.2, 0.25) is 0 Å². The first-order valence-corrected chi connectivity index (χ1v) is 8.11. The predicted octanol–water partition coefficient (Wildman–Crippen LogP) is 5.40. The molecule has 2 rings (SSSR count). The number of rotatable bonds is 3. The summed E-state index contributed by atoms with van der Waals surface area (Å²) in [7, 11) is 0. The molecule has 0 bridgehead atoms. The largest absolute Gasteiger partial charge is 0.416 e. The van der Waals surface area contributed by atoms with Gasteiger partial charge in [-0.1, -0.05) is 13.8 Å². The number of hydrogen-bond donors (Lipinski definition) is 0. The summed E-state index contributed by atoms with van der Waals surface area (Å²) in [6.45, 7) is 3.17.